The Morgan fingerprint density at radius 1 is 0.971 bits per heavy atom. The summed E-state index contributed by atoms with van der Waals surface area (Å²) in [6.07, 6.45) is 3.61. The number of urea groups is 1. The van der Waals surface area contributed by atoms with Gasteiger partial charge in [-0.1, -0.05) is 86.8 Å². The van der Waals surface area contributed by atoms with Crippen molar-refractivity contribution in [2.24, 2.45) is 0 Å². The highest BCUT2D eigenvalue weighted by molar-refractivity contribution is 5.92. The fraction of sp³-hybridized carbons (Fsp3) is 0.444. The van der Waals surface area contributed by atoms with Crippen molar-refractivity contribution in [2.75, 3.05) is 26.7 Å². The molecule has 2 fully saturated rings. The average molecular weight is 478 g/mol. The van der Waals surface area contributed by atoms with Gasteiger partial charge in [0.25, 0.3) is 0 Å². The monoisotopic (exact) mass is 477 g/mol. The molecule has 4 rings (SSSR count). The molecule has 0 aromatic heterocycles. The van der Waals surface area contributed by atoms with Crippen LogP contribution in [0.3, 0.4) is 0 Å². The van der Waals surface area contributed by atoms with Crippen LogP contribution in [0.1, 0.15) is 49.8 Å². The molecule has 2 aromatic carbocycles. The number of nitrogens with one attached hydrogen (secondary N) is 1. The molecule has 2 heterocycles. The van der Waals surface area contributed by atoms with Crippen LogP contribution in [0.4, 0.5) is 4.79 Å². The molecule has 2 aliphatic rings. The summed E-state index contributed by atoms with van der Waals surface area (Å²) in [4.78, 5) is 43.8. The predicted molar refractivity (Wildman–Crippen MR) is 134 cm³/mol. The number of hydrogen-bond donors (Lipinski definition) is 1. The molecular formula is C27H35N5O3. The van der Waals surface area contributed by atoms with Crippen molar-refractivity contribution in [3.63, 3.8) is 0 Å². The van der Waals surface area contributed by atoms with Crippen LogP contribution in [0.5, 0.6) is 0 Å². The SMILES string of the molecule is CCCCCCN1CC2N(C(=O)CN(C)N2C(=O)NCc2ccccc2)[C@@H](c2ccccc2)C1=O. The molecule has 0 spiro atoms. The van der Waals surface area contributed by atoms with E-state index < -0.39 is 12.2 Å². The summed E-state index contributed by atoms with van der Waals surface area (Å²) in [5.74, 6) is -0.232. The van der Waals surface area contributed by atoms with Gasteiger partial charge in [-0.2, -0.15) is 0 Å². The zero-order chi connectivity index (χ0) is 24.8. The summed E-state index contributed by atoms with van der Waals surface area (Å²) < 4.78 is 0. The molecule has 186 valence electrons. The minimum absolute atomic E-state index is 0.0301. The predicted octanol–water partition coefficient (Wildman–Crippen LogP) is 3.38. The molecule has 4 amide bonds. The summed E-state index contributed by atoms with van der Waals surface area (Å²) in [5.41, 5.74) is 1.76. The van der Waals surface area contributed by atoms with E-state index in [1.54, 1.807) is 22.0 Å². The number of carbonyl (C=O) groups is 3. The van der Waals surface area contributed by atoms with Crippen molar-refractivity contribution in [3.8, 4) is 0 Å². The van der Waals surface area contributed by atoms with Crippen LogP contribution in [0.15, 0.2) is 60.7 Å². The highest BCUT2D eigenvalue weighted by Gasteiger charge is 2.51. The second-order valence-electron chi connectivity index (χ2n) is 9.24. The molecule has 0 bridgehead atoms. The van der Waals surface area contributed by atoms with Crippen molar-refractivity contribution >= 4 is 17.8 Å². The molecule has 0 saturated carbocycles. The zero-order valence-electron chi connectivity index (χ0n) is 20.6. The van der Waals surface area contributed by atoms with Crippen LogP contribution in [-0.2, 0) is 16.1 Å². The lowest BCUT2D eigenvalue weighted by Crippen LogP contribution is -2.73. The van der Waals surface area contributed by atoms with Crippen molar-refractivity contribution in [2.45, 2.75) is 51.4 Å². The van der Waals surface area contributed by atoms with Gasteiger partial charge >= 0.3 is 6.03 Å². The molecule has 0 radical (unpaired) electrons. The molecule has 35 heavy (non-hydrogen) atoms. The number of carbonyl (C=O) groups excluding carboxylic acids is 3. The minimum atomic E-state index is -0.744. The lowest BCUT2D eigenvalue weighted by Gasteiger charge is -2.54. The first-order valence-electron chi connectivity index (χ1n) is 12.5. The summed E-state index contributed by atoms with van der Waals surface area (Å²) >= 11 is 0. The molecule has 8 nitrogen and oxygen atoms in total. The third-order valence-electron chi connectivity index (χ3n) is 6.72. The molecule has 1 N–H and O–H groups in total. The van der Waals surface area contributed by atoms with Crippen LogP contribution < -0.4 is 5.32 Å². The van der Waals surface area contributed by atoms with Gasteiger partial charge < -0.3 is 15.1 Å². The third-order valence-corrected chi connectivity index (χ3v) is 6.72. The Labute approximate surface area is 207 Å². The molecule has 2 aliphatic heterocycles. The topological polar surface area (TPSA) is 76.2 Å². The standard InChI is InChI=1S/C27H35N5O3/c1-3-4-5-12-17-30-19-23-31(25(26(30)34)22-15-10-7-11-16-22)24(33)20-29(2)32(23)27(35)28-18-21-13-8-6-9-14-21/h6-11,13-16,23,25H,3-5,12,17-20H2,1-2H3,(H,28,35)/t23?,25-/m0/s1. The van der Waals surface area contributed by atoms with Crippen molar-refractivity contribution in [3.05, 3.63) is 71.8 Å². The van der Waals surface area contributed by atoms with Gasteiger partial charge in [-0.25, -0.2) is 14.8 Å². The van der Waals surface area contributed by atoms with E-state index in [9.17, 15) is 14.4 Å². The Bertz CT molecular complexity index is 1020. The number of nitrogens with zero attached hydrogens (tertiary/aromatic N) is 4. The molecule has 2 aromatic rings. The lowest BCUT2D eigenvalue weighted by molar-refractivity contribution is -0.187. The Balaban J connectivity index is 1.61. The number of piperazine rings is 1. The van der Waals surface area contributed by atoms with Gasteiger partial charge in [0.15, 0.2) is 0 Å². The van der Waals surface area contributed by atoms with Crippen LogP contribution in [0.2, 0.25) is 0 Å². The molecule has 8 heteroatoms. The first kappa shape index (κ1) is 24.7. The highest BCUT2D eigenvalue weighted by Crippen LogP contribution is 2.34. The van der Waals surface area contributed by atoms with E-state index in [0.29, 0.717) is 19.6 Å². The van der Waals surface area contributed by atoms with Gasteiger partial charge in [0.1, 0.15) is 12.2 Å². The van der Waals surface area contributed by atoms with Gasteiger partial charge in [0, 0.05) is 20.1 Å². The number of likely N-dealkylation sites (N-methyl/N-ethyl adjacent to an activating group) is 1. The number of amides is 4. The van der Waals surface area contributed by atoms with Gasteiger partial charge in [-0.3, -0.25) is 9.59 Å². The number of hydrazine groups is 1. The summed E-state index contributed by atoms with van der Waals surface area (Å²) in [6, 6.07) is 18.1. The third kappa shape index (κ3) is 5.48. The molecule has 0 aliphatic carbocycles. The van der Waals surface area contributed by atoms with Gasteiger partial charge in [-0.15, -0.1) is 0 Å². The lowest BCUT2D eigenvalue weighted by atomic mass is 9.98. The van der Waals surface area contributed by atoms with Crippen LogP contribution >= 0.6 is 0 Å². The summed E-state index contributed by atoms with van der Waals surface area (Å²) in [7, 11) is 1.75. The van der Waals surface area contributed by atoms with Gasteiger partial charge in [0.05, 0.1) is 13.1 Å². The molecule has 2 saturated heterocycles. The first-order chi connectivity index (χ1) is 17.0. The van der Waals surface area contributed by atoms with E-state index >= 15 is 0 Å². The Morgan fingerprint density at radius 3 is 2.34 bits per heavy atom. The Morgan fingerprint density at radius 2 is 1.66 bits per heavy atom. The number of benzene rings is 2. The fourth-order valence-electron chi connectivity index (χ4n) is 4.94. The number of hydrogen-bond acceptors (Lipinski definition) is 4. The zero-order valence-corrected chi connectivity index (χ0v) is 20.6. The van der Waals surface area contributed by atoms with Crippen molar-refractivity contribution in [1.82, 2.24) is 25.1 Å². The van der Waals surface area contributed by atoms with Crippen LogP contribution in [0, 0.1) is 0 Å². The highest BCUT2D eigenvalue weighted by atomic mass is 16.2. The maximum Gasteiger partial charge on any atom is 0.334 e. The largest absolute Gasteiger partial charge is 0.337 e. The van der Waals surface area contributed by atoms with Crippen LogP contribution in [-0.4, -0.2) is 70.5 Å². The van der Waals surface area contributed by atoms with E-state index in [4.69, 9.17) is 0 Å². The number of rotatable bonds is 8. The smallest absolute Gasteiger partial charge is 0.334 e. The van der Waals surface area contributed by atoms with E-state index in [1.165, 1.54) is 0 Å². The first-order valence-corrected chi connectivity index (χ1v) is 12.5. The van der Waals surface area contributed by atoms with Gasteiger partial charge in [0.2, 0.25) is 11.8 Å². The molecule has 1 unspecified atom stereocenters. The Kier molecular flexibility index (Phi) is 8.02. The summed E-state index contributed by atoms with van der Waals surface area (Å²) in [5, 5.41) is 6.26. The maximum atomic E-state index is 13.7. The second-order valence-corrected chi connectivity index (χ2v) is 9.24. The summed E-state index contributed by atoms with van der Waals surface area (Å²) in [6.45, 7) is 3.48. The van der Waals surface area contributed by atoms with E-state index in [2.05, 4.69) is 12.2 Å². The van der Waals surface area contributed by atoms with E-state index in [1.807, 2.05) is 65.6 Å². The maximum absolute atomic E-state index is 13.7. The number of fused-ring (bicyclic) bond motifs is 1. The fourth-order valence-corrected chi connectivity index (χ4v) is 4.94. The van der Waals surface area contributed by atoms with E-state index in [-0.39, 0.29) is 24.4 Å². The molecule has 2 atom stereocenters. The minimum Gasteiger partial charge on any atom is -0.337 e. The second kappa shape index (κ2) is 11.4. The van der Waals surface area contributed by atoms with E-state index in [0.717, 1.165) is 36.8 Å². The normalized spacial score (nSPS) is 20.7. The average Bonchev–Trinajstić information content (AvgIpc) is 2.87. The number of unbranched alkanes of at least 4 members (excludes halogenated alkanes) is 3. The molecular weight excluding hydrogens is 442 g/mol. The van der Waals surface area contributed by atoms with Crippen molar-refractivity contribution in [1.29, 1.82) is 0 Å². The van der Waals surface area contributed by atoms with Crippen molar-refractivity contribution < 1.29 is 14.4 Å². The Hall–Kier alpha value is -3.39. The van der Waals surface area contributed by atoms with Gasteiger partial charge in [-0.05, 0) is 17.5 Å². The van der Waals surface area contributed by atoms with Crippen LogP contribution in [0.25, 0.3) is 0 Å². The quantitative estimate of drug-likeness (QED) is 0.592.